The second-order valence-electron chi connectivity index (χ2n) is 6.48. The predicted molar refractivity (Wildman–Crippen MR) is 101 cm³/mol. The van der Waals surface area contributed by atoms with Gasteiger partial charge in [-0.2, -0.15) is 0 Å². The van der Waals surface area contributed by atoms with Gasteiger partial charge >= 0.3 is 0 Å². The van der Waals surface area contributed by atoms with Crippen LogP contribution in [0.4, 0.5) is 4.39 Å². The third-order valence-corrected chi connectivity index (χ3v) is 4.32. The molecule has 2 aromatic carbocycles. The highest BCUT2D eigenvalue weighted by atomic mass is 35.5. The van der Waals surface area contributed by atoms with Crippen molar-refractivity contribution in [3.05, 3.63) is 70.5 Å². The highest BCUT2D eigenvalue weighted by molar-refractivity contribution is 6.30. The van der Waals surface area contributed by atoms with Crippen LogP contribution in [0.5, 0.6) is 0 Å². The van der Waals surface area contributed by atoms with E-state index in [-0.39, 0.29) is 29.6 Å². The molecule has 0 radical (unpaired) electrons. The van der Waals surface area contributed by atoms with E-state index in [1.54, 1.807) is 36.4 Å². The molecule has 2 N–H and O–H groups in total. The molecule has 0 fully saturated rings. The Hall–Kier alpha value is -2.40. The van der Waals surface area contributed by atoms with Gasteiger partial charge in [0.1, 0.15) is 11.9 Å². The summed E-state index contributed by atoms with van der Waals surface area (Å²) in [4.78, 5) is 25.0. The zero-order chi connectivity index (χ0) is 19.3. The van der Waals surface area contributed by atoms with E-state index in [2.05, 4.69) is 10.6 Å². The molecule has 0 bridgehead atoms. The summed E-state index contributed by atoms with van der Waals surface area (Å²) < 4.78 is 13.0. The Morgan fingerprint density at radius 3 is 2.04 bits per heavy atom. The maximum atomic E-state index is 13.0. The van der Waals surface area contributed by atoms with Crippen LogP contribution >= 0.6 is 11.6 Å². The third-order valence-electron chi connectivity index (χ3n) is 4.07. The van der Waals surface area contributed by atoms with Gasteiger partial charge in [-0.25, -0.2) is 4.39 Å². The quantitative estimate of drug-likeness (QED) is 0.797. The molecule has 26 heavy (non-hydrogen) atoms. The highest BCUT2D eigenvalue weighted by Gasteiger charge is 2.26. The minimum atomic E-state index is -0.693. The van der Waals surface area contributed by atoms with Gasteiger partial charge < -0.3 is 10.6 Å². The number of halogens is 2. The van der Waals surface area contributed by atoms with E-state index in [1.807, 2.05) is 20.8 Å². The zero-order valence-corrected chi connectivity index (χ0v) is 15.7. The molecule has 0 saturated carbocycles. The van der Waals surface area contributed by atoms with E-state index in [1.165, 1.54) is 12.1 Å². The fourth-order valence-electron chi connectivity index (χ4n) is 2.50. The molecule has 2 unspecified atom stereocenters. The second-order valence-corrected chi connectivity index (χ2v) is 6.92. The first kappa shape index (κ1) is 19.9. The van der Waals surface area contributed by atoms with E-state index < -0.39 is 6.04 Å². The third kappa shape index (κ3) is 5.30. The number of rotatable bonds is 6. The van der Waals surface area contributed by atoms with Gasteiger partial charge in [-0.3, -0.25) is 9.59 Å². The van der Waals surface area contributed by atoms with Crippen LogP contribution in [0.1, 0.15) is 42.7 Å². The molecule has 2 amide bonds. The summed E-state index contributed by atoms with van der Waals surface area (Å²) in [6.45, 7) is 5.52. The van der Waals surface area contributed by atoms with Gasteiger partial charge in [-0.05, 0) is 54.8 Å². The molecule has 0 aliphatic carbocycles. The number of hydrogen-bond donors (Lipinski definition) is 2. The molecular weight excluding hydrogens is 355 g/mol. The molecule has 2 atom stereocenters. The van der Waals surface area contributed by atoms with Gasteiger partial charge in [-0.1, -0.05) is 37.6 Å². The fourth-order valence-corrected chi connectivity index (χ4v) is 2.62. The van der Waals surface area contributed by atoms with Crippen molar-refractivity contribution in [1.29, 1.82) is 0 Å². The maximum absolute atomic E-state index is 13.0. The second kappa shape index (κ2) is 8.81. The smallest absolute Gasteiger partial charge is 0.251 e. The van der Waals surface area contributed by atoms with E-state index in [4.69, 9.17) is 11.6 Å². The zero-order valence-electron chi connectivity index (χ0n) is 14.9. The molecule has 0 aliphatic rings. The Morgan fingerprint density at radius 2 is 1.50 bits per heavy atom. The molecular formula is C20H22ClFN2O2. The van der Waals surface area contributed by atoms with E-state index in [9.17, 15) is 14.0 Å². The lowest BCUT2D eigenvalue weighted by molar-refractivity contribution is -0.124. The summed E-state index contributed by atoms with van der Waals surface area (Å²) in [5.74, 6) is -1.07. The molecule has 0 heterocycles. The van der Waals surface area contributed by atoms with E-state index >= 15 is 0 Å². The molecule has 0 spiro atoms. The molecule has 6 heteroatoms. The van der Waals surface area contributed by atoms with Gasteiger partial charge in [0.2, 0.25) is 5.91 Å². The fraction of sp³-hybridized carbons (Fsp3) is 0.300. The van der Waals surface area contributed by atoms with E-state index in [0.29, 0.717) is 10.6 Å². The Morgan fingerprint density at radius 1 is 0.923 bits per heavy atom. The number of benzene rings is 2. The van der Waals surface area contributed by atoms with Crippen LogP contribution < -0.4 is 10.6 Å². The first-order valence-electron chi connectivity index (χ1n) is 8.40. The standard InChI is InChI=1S/C20H22ClFN2O2/c1-12(2)18(24-19(25)15-4-8-16(21)9-5-15)20(26)23-13(3)14-6-10-17(22)11-7-14/h4-13,18H,1-3H3,(H,23,26)(H,24,25). The molecule has 0 aromatic heterocycles. The Labute approximate surface area is 157 Å². The maximum Gasteiger partial charge on any atom is 0.251 e. The van der Waals surface area contributed by atoms with Crippen LogP contribution in [0.2, 0.25) is 5.02 Å². The summed E-state index contributed by atoms with van der Waals surface area (Å²) in [5.41, 5.74) is 1.21. The number of carbonyl (C=O) groups is 2. The average Bonchev–Trinajstić information content (AvgIpc) is 2.60. The normalized spacial score (nSPS) is 13.2. The van der Waals surface area contributed by atoms with Crippen LogP contribution in [-0.4, -0.2) is 17.9 Å². The Kier molecular flexibility index (Phi) is 6.75. The largest absolute Gasteiger partial charge is 0.348 e. The molecule has 0 saturated heterocycles. The van der Waals surface area contributed by atoms with Crippen LogP contribution in [0, 0.1) is 11.7 Å². The lowest BCUT2D eigenvalue weighted by Crippen LogP contribution is -2.50. The monoisotopic (exact) mass is 376 g/mol. The molecule has 2 rings (SSSR count). The molecule has 2 aromatic rings. The van der Waals surface area contributed by atoms with Crippen molar-refractivity contribution in [2.75, 3.05) is 0 Å². The Balaban J connectivity index is 2.05. The molecule has 138 valence electrons. The number of carbonyl (C=O) groups excluding carboxylic acids is 2. The minimum Gasteiger partial charge on any atom is -0.348 e. The van der Waals surface area contributed by atoms with E-state index in [0.717, 1.165) is 5.56 Å². The van der Waals surface area contributed by atoms with Crippen molar-refractivity contribution in [3.8, 4) is 0 Å². The topological polar surface area (TPSA) is 58.2 Å². The predicted octanol–water partition coefficient (Wildman–Crippen LogP) is 4.11. The summed E-state index contributed by atoms with van der Waals surface area (Å²) >= 11 is 5.83. The molecule has 0 aliphatic heterocycles. The van der Waals surface area contributed by atoms with Crippen molar-refractivity contribution < 1.29 is 14.0 Å². The van der Waals surface area contributed by atoms with Crippen molar-refractivity contribution >= 4 is 23.4 Å². The van der Waals surface area contributed by atoms with Crippen LogP contribution in [0.3, 0.4) is 0 Å². The van der Waals surface area contributed by atoms with Gasteiger partial charge in [0.25, 0.3) is 5.91 Å². The van der Waals surface area contributed by atoms with Crippen LogP contribution in [0.15, 0.2) is 48.5 Å². The van der Waals surface area contributed by atoms with Crippen LogP contribution in [0.25, 0.3) is 0 Å². The summed E-state index contributed by atoms with van der Waals surface area (Å²) in [6, 6.07) is 11.4. The van der Waals surface area contributed by atoms with Crippen molar-refractivity contribution in [2.24, 2.45) is 5.92 Å². The lowest BCUT2D eigenvalue weighted by atomic mass is 10.0. The van der Waals surface area contributed by atoms with Gasteiger partial charge in [0.15, 0.2) is 0 Å². The van der Waals surface area contributed by atoms with Crippen LogP contribution in [-0.2, 0) is 4.79 Å². The summed E-state index contributed by atoms with van der Waals surface area (Å²) in [5, 5.41) is 6.16. The number of hydrogen-bond acceptors (Lipinski definition) is 2. The van der Waals surface area contributed by atoms with Crippen molar-refractivity contribution in [2.45, 2.75) is 32.9 Å². The van der Waals surface area contributed by atoms with Gasteiger partial charge in [-0.15, -0.1) is 0 Å². The Bertz CT molecular complexity index is 760. The summed E-state index contributed by atoms with van der Waals surface area (Å²) in [6.07, 6.45) is 0. The van der Waals surface area contributed by atoms with Crippen molar-refractivity contribution in [3.63, 3.8) is 0 Å². The van der Waals surface area contributed by atoms with Crippen molar-refractivity contribution in [1.82, 2.24) is 10.6 Å². The van der Waals surface area contributed by atoms with Gasteiger partial charge in [0, 0.05) is 10.6 Å². The highest BCUT2D eigenvalue weighted by Crippen LogP contribution is 2.15. The average molecular weight is 377 g/mol. The van der Waals surface area contributed by atoms with Gasteiger partial charge in [0.05, 0.1) is 6.04 Å². The molecule has 4 nitrogen and oxygen atoms in total. The lowest BCUT2D eigenvalue weighted by Gasteiger charge is -2.24. The SMILES string of the molecule is CC(NC(=O)C(NC(=O)c1ccc(Cl)cc1)C(C)C)c1ccc(F)cc1. The number of nitrogens with one attached hydrogen (secondary N) is 2. The first-order valence-corrected chi connectivity index (χ1v) is 8.78. The number of amides is 2. The summed E-state index contributed by atoms with van der Waals surface area (Å²) in [7, 11) is 0. The minimum absolute atomic E-state index is 0.105. The first-order chi connectivity index (χ1) is 12.3.